The molecule has 0 unspecified atom stereocenters. The van der Waals surface area contributed by atoms with Gasteiger partial charge in [0.2, 0.25) is 0 Å². The van der Waals surface area contributed by atoms with Gasteiger partial charge in [-0.2, -0.15) is 0 Å². The standard InChI is InChI=1S/C20H15F3N6O3S/c21-20(22,23)32-16-3-1-2-4-17(16)33(30,31)28-15-7-5-14(6-8-15)27-18-11-19(26-12-25-18)29-10-9-24-13-29/h1-13,28H,(H,25,26,27). The molecule has 0 saturated heterocycles. The molecule has 0 bridgehead atoms. The van der Waals surface area contributed by atoms with Crippen molar-refractivity contribution in [2.45, 2.75) is 11.3 Å². The van der Waals surface area contributed by atoms with Crippen molar-refractivity contribution in [3.63, 3.8) is 0 Å². The Morgan fingerprint density at radius 2 is 1.70 bits per heavy atom. The Morgan fingerprint density at radius 3 is 2.39 bits per heavy atom. The maximum absolute atomic E-state index is 12.6. The van der Waals surface area contributed by atoms with Crippen LogP contribution in [0.4, 0.5) is 30.4 Å². The maximum Gasteiger partial charge on any atom is 0.573 e. The van der Waals surface area contributed by atoms with Crippen LogP contribution in [0.5, 0.6) is 5.75 Å². The van der Waals surface area contributed by atoms with Gasteiger partial charge >= 0.3 is 6.36 Å². The summed E-state index contributed by atoms with van der Waals surface area (Å²) in [5.74, 6) is 0.252. The predicted molar refractivity (Wildman–Crippen MR) is 113 cm³/mol. The van der Waals surface area contributed by atoms with E-state index in [0.717, 1.165) is 12.1 Å². The second-order valence-corrected chi connectivity index (χ2v) is 8.18. The zero-order chi connectivity index (χ0) is 23.5. The van der Waals surface area contributed by atoms with Gasteiger partial charge in [0, 0.05) is 29.8 Å². The third kappa shape index (κ3) is 5.57. The van der Waals surface area contributed by atoms with E-state index in [1.54, 1.807) is 41.5 Å². The summed E-state index contributed by atoms with van der Waals surface area (Å²) in [6.45, 7) is 0. The Kier molecular flexibility index (Phi) is 5.87. The van der Waals surface area contributed by atoms with Crippen LogP contribution >= 0.6 is 0 Å². The lowest BCUT2D eigenvalue weighted by Gasteiger charge is -2.14. The number of aromatic nitrogens is 4. The minimum atomic E-state index is -5.03. The number of para-hydroxylation sites is 1. The molecule has 0 atom stereocenters. The van der Waals surface area contributed by atoms with Gasteiger partial charge in [-0.25, -0.2) is 23.4 Å². The van der Waals surface area contributed by atoms with Crippen molar-refractivity contribution in [2.24, 2.45) is 0 Å². The summed E-state index contributed by atoms with van der Waals surface area (Å²) in [7, 11) is -4.34. The Balaban J connectivity index is 1.49. The number of benzene rings is 2. The SMILES string of the molecule is O=S(=O)(Nc1ccc(Nc2cc(-n3ccnc3)ncn2)cc1)c1ccccc1OC(F)(F)F. The first-order valence-corrected chi connectivity index (χ1v) is 10.7. The lowest BCUT2D eigenvalue weighted by atomic mass is 10.3. The van der Waals surface area contributed by atoms with Gasteiger partial charge in [-0.1, -0.05) is 12.1 Å². The summed E-state index contributed by atoms with van der Waals surface area (Å²) < 4.78 is 70.9. The van der Waals surface area contributed by atoms with Crippen LogP contribution in [0.1, 0.15) is 0 Å². The molecule has 0 aliphatic heterocycles. The zero-order valence-electron chi connectivity index (χ0n) is 16.6. The van der Waals surface area contributed by atoms with Crippen LogP contribution in [0.3, 0.4) is 0 Å². The summed E-state index contributed by atoms with van der Waals surface area (Å²) in [6.07, 6.45) is 1.27. The average Bonchev–Trinajstić information content (AvgIpc) is 3.29. The highest BCUT2D eigenvalue weighted by molar-refractivity contribution is 7.92. The number of hydrogen-bond acceptors (Lipinski definition) is 7. The van der Waals surface area contributed by atoms with E-state index in [0.29, 0.717) is 17.3 Å². The fourth-order valence-corrected chi connectivity index (χ4v) is 4.00. The molecule has 4 rings (SSSR count). The van der Waals surface area contributed by atoms with Gasteiger partial charge in [-0.3, -0.25) is 9.29 Å². The van der Waals surface area contributed by atoms with Crippen molar-refractivity contribution in [3.05, 3.63) is 79.6 Å². The Morgan fingerprint density at radius 1 is 0.970 bits per heavy atom. The fraction of sp³-hybridized carbons (Fsp3) is 0.0500. The lowest BCUT2D eigenvalue weighted by molar-refractivity contribution is -0.275. The number of imidazole rings is 1. The lowest BCUT2D eigenvalue weighted by Crippen LogP contribution is -2.20. The van der Waals surface area contributed by atoms with Crippen LogP contribution in [0.2, 0.25) is 0 Å². The molecule has 13 heteroatoms. The number of ether oxygens (including phenoxy) is 1. The van der Waals surface area contributed by atoms with Crippen molar-refractivity contribution in [3.8, 4) is 11.6 Å². The van der Waals surface area contributed by atoms with Crippen molar-refractivity contribution in [1.29, 1.82) is 0 Å². The summed E-state index contributed by atoms with van der Waals surface area (Å²) in [5.41, 5.74) is 0.734. The van der Waals surface area contributed by atoms with Crippen molar-refractivity contribution >= 4 is 27.2 Å². The number of sulfonamides is 1. The topological polar surface area (TPSA) is 111 Å². The first kappa shape index (κ1) is 22.1. The first-order valence-electron chi connectivity index (χ1n) is 9.25. The fourth-order valence-electron chi connectivity index (χ4n) is 2.81. The average molecular weight is 476 g/mol. The molecule has 0 radical (unpaired) electrons. The number of rotatable bonds is 7. The Bertz CT molecular complexity index is 1340. The van der Waals surface area contributed by atoms with E-state index >= 15 is 0 Å². The summed E-state index contributed by atoms with van der Waals surface area (Å²) in [6, 6.07) is 12.2. The molecule has 170 valence electrons. The zero-order valence-corrected chi connectivity index (χ0v) is 17.4. The van der Waals surface area contributed by atoms with E-state index in [-0.39, 0.29) is 5.69 Å². The van der Waals surface area contributed by atoms with Crippen LogP contribution in [0.25, 0.3) is 5.82 Å². The minimum Gasteiger partial charge on any atom is -0.404 e. The van der Waals surface area contributed by atoms with Gasteiger partial charge in [0.05, 0.1) is 0 Å². The van der Waals surface area contributed by atoms with E-state index in [9.17, 15) is 21.6 Å². The molecule has 0 spiro atoms. The molecule has 0 aliphatic carbocycles. The molecule has 2 aromatic carbocycles. The van der Waals surface area contributed by atoms with Gasteiger partial charge in [0.25, 0.3) is 10.0 Å². The van der Waals surface area contributed by atoms with Gasteiger partial charge in [-0.15, -0.1) is 13.2 Å². The molecular weight excluding hydrogens is 461 g/mol. The number of hydrogen-bond donors (Lipinski definition) is 2. The molecule has 0 aliphatic rings. The molecule has 2 heterocycles. The summed E-state index contributed by atoms with van der Waals surface area (Å²) in [5, 5.41) is 3.06. The van der Waals surface area contributed by atoms with Crippen LogP contribution in [0, 0.1) is 0 Å². The number of anilines is 3. The summed E-state index contributed by atoms with van der Waals surface area (Å²) in [4.78, 5) is 11.6. The second-order valence-electron chi connectivity index (χ2n) is 6.53. The molecular formula is C20H15F3N6O3S. The Labute approximate surface area is 186 Å². The van der Waals surface area contributed by atoms with Crippen molar-refractivity contribution in [2.75, 3.05) is 10.0 Å². The molecule has 0 amide bonds. The molecule has 33 heavy (non-hydrogen) atoms. The van der Waals surface area contributed by atoms with Crippen LogP contribution in [-0.4, -0.2) is 34.3 Å². The normalized spacial score (nSPS) is 11.7. The number of nitrogens with one attached hydrogen (secondary N) is 2. The maximum atomic E-state index is 12.6. The highest BCUT2D eigenvalue weighted by Crippen LogP contribution is 2.30. The van der Waals surface area contributed by atoms with Gasteiger partial charge < -0.3 is 10.1 Å². The minimum absolute atomic E-state index is 0.143. The third-order valence-corrected chi connectivity index (χ3v) is 5.62. The van der Waals surface area contributed by atoms with E-state index in [4.69, 9.17) is 0 Å². The van der Waals surface area contributed by atoms with Gasteiger partial charge in [0.15, 0.2) is 0 Å². The van der Waals surface area contributed by atoms with Crippen molar-refractivity contribution in [1.82, 2.24) is 19.5 Å². The van der Waals surface area contributed by atoms with Crippen LogP contribution in [0.15, 0.2) is 84.5 Å². The van der Waals surface area contributed by atoms with Gasteiger partial charge in [-0.05, 0) is 36.4 Å². The largest absolute Gasteiger partial charge is 0.573 e. The monoisotopic (exact) mass is 476 g/mol. The highest BCUT2D eigenvalue weighted by atomic mass is 32.2. The molecule has 2 aromatic heterocycles. The van der Waals surface area contributed by atoms with Crippen LogP contribution < -0.4 is 14.8 Å². The molecule has 0 fully saturated rings. The Hall–Kier alpha value is -4.13. The molecule has 2 N–H and O–H groups in total. The predicted octanol–water partition coefficient (Wildman–Crippen LogP) is 4.11. The quantitative estimate of drug-likeness (QED) is 0.413. The third-order valence-electron chi connectivity index (χ3n) is 4.20. The molecule has 4 aromatic rings. The first-order chi connectivity index (χ1) is 15.7. The summed E-state index contributed by atoms with van der Waals surface area (Å²) >= 11 is 0. The van der Waals surface area contributed by atoms with E-state index in [1.165, 1.54) is 30.6 Å². The second kappa shape index (κ2) is 8.78. The van der Waals surface area contributed by atoms with E-state index in [1.807, 2.05) is 0 Å². The smallest absolute Gasteiger partial charge is 0.404 e. The number of nitrogens with zero attached hydrogens (tertiary/aromatic N) is 4. The van der Waals surface area contributed by atoms with Gasteiger partial charge in [0.1, 0.15) is 34.9 Å². The highest BCUT2D eigenvalue weighted by Gasteiger charge is 2.34. The molecule has 0 saturated carbocycles. The van der Waals surface area contributed by atoms with Crippen molar-refractivity contribution < 1.29 is 26.3 Å². The van der Waals surface area contributed by atoms with E-state index < -0.39 is 27.0 Å². The van der Waals surface area contributed by atoms with Crippen LogP contribution in [-0.2, 0) is 10.0 Å². The number of alkyl halides is 3. The number of halogens is 3. The molecule has 9 nitrogen and oxygen atoms in total. The van der Waals surface area contributed by atoms with E-state index in [2.05, 4.69) is 29.7 Å².